The van der Waals surface area contributed by atoms with E-state index in [2.05, 4.69) is 12.1 Å². The van der Waals surface area contributed by atoms with E-state index in [1.54, 1.807) is 6.92 Å². The molecule has 0 heterocycles. The summed E-state index contributed by atoms with van der Waals surface area (Å²) in [6.07, 6.45) is 4.70. The average Bonchev–Trinajstić information content (AvgIpc) is 3.33. The van der Waals surface area contributed by atoms with E-state index in [-0.39, 0.29) is 5.82 Å². The zero-order valence-electron chi connectivity index (χ0n) is 12.5. The lowest BCUT2D eigenvalue weighted by molar-refractivity contribution is 0.454. The number of nitrogens with two attached hydrogens (primary N) is 1. The molecule has 1 aliphatic carbocycles. The number of rotatable bonds is 5. The van der Waals surface area contributed by atoms with Crippen molar-refractivity contribution in [3.8, 4) is 0 Å². The molecule has 1 nitrogen and oxygen atoms in total. The third-order valence-corrected chi connectivity index (χ3v) is 4.61. The van der Waals surface area contributed by atoms with Crippen molar-refractivity contribution >= 4 is 0 Å². The molecule has 110 valence electrons. The predicted octanol–water partition coefficient (Wildman–Crippen LogP) is 4.53. The van der Waals surface area contributed by atoms with Crippen molar-refractivity contribution in [3.05, 3.63) is 71.0 Å². The minimum absolute atomic E-state index is 0.170. The molecule has 1 saturated carbocycles. The highest BCUT2D eigenvalue weighted by atomic mass is 19.1. The van der Waals surface area contributed by atoms with Crippen LogP contribution in [-0.2, 0) is 5.54 Å². The lowest BCUT2D eigenvalue weighted by atomic mass is 9.79. The van der Waals surface area contributed by atoms with Gasteiger partial charge in [0.05, 0.1) is 5.54 Å². The summed E-state index contributed by atoms with van der Waals surface area (Å²) in [7, 11) is 0. The van der Waals surface area contributed by atoms with Gasteiger partial charge in [0, 0.05) is 0 Å². The van der Waals surface area contributed by atoms with E-state index in [1.807, 2.05) is 30.3 Å². The first kappa shape index (κ1) is 14.3. The van der Waals surface area contributed by atoms with Crippen molar-refractivity contribution in [2.24, 2.45) is 11.7 Å². The van der Waals surface area contributed by atoms with Gasteiger partial charge in [0.2, 0.25) is 0 Å². The molecule has 3 rings (SSSR count). The number of aryl methyl sites for hydroxylation is 1. The SMILES string of the molecule is Cc1cc(C(N)(CCC2CC2)c2ccccc2)ccc1F. The van der Waals surface area contributed by atoms with Crippen LogP contribution in [0.3, 0.4) is 0 Å². The molecule has 1 fully saturated rings. The Kier molecular flexibility index (Phi) is 3.81. The van der Waals surface area contributed by atoms with Crippen LogP contribution >= 0.6 is 0 Å². The molecule has 0 aromatic heterocycles. The highest BCUT2D eigenvalue weighted by Crippen LogP contribution is 2.39. The molecule has 1 aliphatic rings. The summed E-state index contributed by atoms with van der Waals surface area (Å²) in [5.74, 6) is 0.662. The van der Waals surface area contributed by atoms with Crippen molar-refractivity contribution in [1.82, 2.24) is 0 Å². The summed E-state index contributed by atoms with van der Waals surface area (Å²) in [6, 6.07) is 15.5. The third-order valence-electron chi connectivity index (χ3n) is 4.61. The fourth-order valence-electron chi connectivity index (χ4n) is 2.95. The van der Waals surface area contributed by atoms with Crippen LogP contribution in [0, 0.1) is 18.7 Å². The minimum Gasteiger partial charge on any atom is -0.318 e. The van der Waals surface area contributed by atoms with Gasteiger partial charge in [-0.25, -0.2) is 4.39 Å². The topological polar surface area (TPSA) is 26.0 Å². The number of hydrogen-bond donors (Lipinski definition) is 1. The fraction of sp³-hybridized carbons (Fsp3) is 0.368. The normalized spacial score (nSPS) is 17.5. The Morgan fingerprint density at radius 2 is 1.81 bits per heavy atom. The van der Waals surface area contributed by atoms with Gasteiger partial charge in [-0.05, 0) is 48.4 Å². The molecule has 2 heteroatoms. The second kappa shape index (κ2) is 5.61. The highest BCUT2D eigenvalue weighted by Gasteiger charge is 2.32. The van der Waals surface area contributed by atoms with Crippen LogP contribution in [0.4, 0.5) is 4.39 Å². The van der Waals surface area contributed by atoms with Gasteiger partial charge in [-0.15, -0.1) is 0 Å². The van der Waals surface area contributed by atoms with Gasteiger partial charge in [-0.3, -0.25) is 0 Å². The molecule has 2 aromatic rings. The monoisotopic (exact) mass is 283 g/mol. The Hall–Kier alpha value is -1.67. The van der Waals surface area contributed by atoms with Crippen LogP contribution in [0.15, 0.2) is 48.5 Å². The Morgan fingerprint density at radius 1 is 1.10 bits per heavy atom. The Labute approximate surface area is 126 Å². The molecule has 0 amide bonds. The average molecular weight is 283 g/mol. The van der Waals surface area contributed by atoms with Gasteiger partial charge in [0.1, 0.15) is 5.82 Å². The van der Waals surface area contributed by atoms with Gasteiger partial charge in [0.15, 0.2) is 0 Å². The van der Waals surface area contributed by atoms with Crippen molar-refractivity contribution in [1.29, 1.82) is 0 Å². The lowest BCUT2D eigenvalue weighted by Crippen LogP contribution is -2.38. The Morgan fingerprint density at radius 3 is 2.43 bits per heavy atom. The Bertz CT molecular complexity index is 619. The van der Waals surface area contributed by atoms with Gasteiger partial charge in [0.25, 0.3) is 0 Å². The standard InChI is InChI=1S/C19H22FN/c1-14-13-17(9-10-18(14)20)19(21,12-11-15-7-8-15)16-5-3-2-4-6-16/h2-6,9-10,13,15H,7-8,11-12,21H2,1H3. The van der Waals surface area contributed by atoms with Crippen LogP contribution in [0.2, 0.25) is 0 Å². The maximum absolute atomic E-state index is 13.6. The van der Waals surface area contributed by atoms with Crippen LogP contribution in [0.1, 0.15) is 42.4 Å². The van der Waals surface area contributed by atoms with Gasteiger partial charge < -0.3 is 5.73 Å². The summed E-state index contributed by atoms with van der Waals surface area (Å²) in [5.41, 5.74) is 9.06. The maximum atomic E-state index is 13.6. The van der Waals surface area contributed by atoms with E-state index in [9.17, 15) is 4.39 Å². The second-order valence-electron chi connectivity index (χ2n) is 6.28. The molecule has 0 spiro atoms. The molecule has 0 saturated heterocycles. The van der Waals surface area contributed by atoms with Crippen LogP contribution < -0.4 is 5.73 Å². The summed E-state index contributed by atoms with van der Waals surface area (Å²) in [5, 5.41) is 0. The molecule has 1 unspecified atom stereocenters. The van der Waals surface area contributed by atoms with Crippen molar-refractivity contribution in [2.45, 2.75) is 38.1 Å². The van der Waals surface area contributed by atoms with E-state index >= 15 is 0 Å². The first-order valence-corrected chi connectivity index (χ1v) is 7.70. The van der Waals surface area contributed by atoms with E-state index in [4.69, 9.17) is 5.73 Å². The fourth-order valence-corrected chi connectivity index (χ4v) is 2.95. The molecule has 0 radical (unpaired) electrons. The van der Waals surface area contributed by atoms with E-state index in [0.29, 0.717) is 5.56 Å². The van der Waals surface area contributed by atoms with Gasteiger partial charge in [-0.2, -0.15) is 0 Å². The summed E-state index contributed by atoms with van der Waals surface area (Å²) in [6.45, 7) is 1.80. The molecular formula is C19H22FN. The van der Waals surface area contributed by atoms with E-state index in [1.165, 1.54) is 18.9 Å². The maximum Gasteiger partial charge on any atom is 0.126 e. The largest absolute Gasteiger partial charge is 0.318 e. The van der Waals surface area contributed by atoms with Crippen molar-refractivity contribution in [3.63, 3.8) is 0 Å². The third kappa shape index (κ3) is 3.01. The van der Waals surface area contributed by atoms with Crippen molar-refractivity contribution < 1.29 is 4.39 Å². The van der Waals surface area contributed by atoms with Gasteiger partial charge >= 0.3 is 0 Å². The quantitative estimate of drug-likeness (QED) is 0.857. The minimum atomic E-state index is -0.525. The van der Waals surface area contributed by atoms with E-state index < -0.39 is 5.54 Å². The summed E-state index contributed by atoms with van der Waals surface area (Å²) in [4.78, 5) is 0. The first-order chi connectivity index (χ1) is 10.1. The zero-order chi connectivity index (χ0) is 14.9. The molecule has 0 bridgehead atoms. The second-order valence-corrected chi connectivity index (χ2v) is 6.28. The lowest BCUT2D eigenvalue weighted by Gasteiger charge is -2.31. The van der Waals surface area contributed by atoms with E-state index in [0.717, 1.165) is 29.9 Å². The van der Waals surface area contributed by atoms with Crippen LogP contribution in [-0.4, -0.2) is 0 Å². The van der Waals surface area contributed by atoms with Crippen LogP contribution in [0.25, 0.3) is 0 Å². The number of halogens is 1. The molecule has 2 N–H and O–H groups in total. The molecular weight excluding hydrogens is 261 g/mol. The summed E-state index contributed by atoms with van der Waals surface area (Å²) >= 11 is 0. The van der Waals surface area contributed by atoms with Gasteiger partial charge in [-0.1, -0.05) is 55.3 Å². The number of hydrogen-bond acceptors (Lipinski definition) is 1. The predicted molar refractivity (Wildman–Crippen MR) is 84.5 cm³/mol. The molecule has 1 atom stereocenters. The molecule has 21 heavy (non-hydrogen) atoms. The number of benzene rings is 2. The highest BCUT2D eigenvalue weighted by molar-refractivity contribution is 5.39. The molecule has 0 aliphatic heterocycles. The zero-order valence-corrected chi connectivity index (χ0v) is 12.5. The first-order valence-electron chi connectivity index (χ1n) is 7.70. The van der Waals surface area contributed by atoms with Crippen molar-refractivity contribution in [2.75, 3.05) is 0 Å². The molecule has 2 aromatic carbocycles. The summed E-state index contributed by atoms with van der Waals surface area (Å²) < 4.78 is 13.6. The Balaban J connectivity index is 1.99. The van der Waals surface area contributed by atoms with Crippen LogP contribution in [0.5, 0.6) is 0 Å². The smallest absolute Gasteiger partial charge is 0.126 e.